The average Bonchev–Trinajstić information content (AvgIpc) is 2.15. The number of carboxylic acids is 1. The Hall–Kier alpha value is -1.26. The predicted octanol–water partition coefficient (Wildman–Crippen LogP) is 3.18. The standard InChI is InChI=1S/C16H27NO4/c1-14(2,3)21-13(20)17-11-8-16(9-11)6-10(7-16)15(4,5)12(18)19/h10-11H,6-9H2,1-5H3,(H,17,20)(H,18,19). The average molecular weight is 297 g/mol. The van der Waals surface area contributed by atoms with Gasteiger partial charge in [-0.25, -0.2) is 4.79 Å². The maximum Gasteiger partial charge on any atom is 0.407 e. The minimum atomic E-state index is -0.717. The van der Waals surface area contributed by atoms with Crippen molar-refractivity contribution in [2.75, 3.05) is 0 Å². The molecule has 0 aromatic heterocycles. The van der Waals surface area contributed by atoms with E-state index in [2.05, 4.69) is 5.32 Å². The second-order valence-corrected chi connectivity index (χ2v) is 8.38. The van der Waals surface area contributed by atoms with Gasteiger partial charge in [0, 0.05) is 6.04 Å². The highest BCUT2D eigenvalue weighted by molar-refractivity contribution is 5.74. The van der Waals surface area contributed by atoms with Crippen LogP contribution < -0.4 is 5.32 Å². The second kappa shape index (κ2) is 4.89. The first-order valence-corrected chi connectivity index (χ1v) is 7.66. The van der Waals surface area contributed by atoms with Crippen LogP contribution in [0.3, 0.4) is 0 Å². The van der Waals surface area contributed by atoms with E-state index in [9.17, 15) is 14.7 Å². The molecule has 0 aromatic rings. The highest BCUT2D eigenvalue weighted by Crippen LogP contribution is 2.62. The van der Waals surface area contributed by atoms with Crippen molar-refractivity contribution < 1.29 is 19.4 Å². The molecule has 0 aromatic carbocycles. The van der Waals surface area contributed by atoms with E-state index in [4.69, 9.17) is 4.74 Å². The lowest BCUT2D eigenvalue weighted by molar-refractivity contribution is -0.161. The number of nitrogens with one attached hydrogen (secondary N) is 1. The molecule has 5 heteroatoms. The van der Waals surface area contributed by atoms with Gasteiger partial charge < -0.3 is 15.2 Å². The molecule has 0 saturated heterocycles. The fourth-order valence-corrected chi connectivity index (χ4v) is 3.57. The van der Waals surface area contributed by atoms with Crippen LogP contribution in [0, 0.1) is 16.7 Å². The first kappa shape index (κ1) is 16.1. The van der Waals surface area contributed by atoms with Crippen LogP contribution in [-0.2, 0) is 9.53 Å². The minimum Gasteiger partial charge on any atom is -0.481 e. The lowest BCUT2D eigenvalue weighted by Crippen LogP contribution is -2.59. The van der Waals surface area contributed by atoms with Gasteiger partial charge >= 0.3 is 12.1 Å². The van der Waals surface area contributed by atoms with Crippen molar-refractivity contribution in [3.8, 4) is 0 Å². The van der Waals surface area contributed by atoms with Crippen LogP contribution in [0.4, 0.5) is 4.79 Å². The Balaban J connectivity index is 1.74. The quantitative estimate of drug-likeness (QED) is 0.839. The Kier molecular flexibility index (Phi) is 3.75. The molecule has 0 atom stereocenters. The van der Waals surface area contributed by atoms with Gasteiger partial charge in [0.15, 0.2) is 0 Å². The number of carbonyl (C=O) groups excluding carboxylic acids is 1. The predicted molar refractivity (Wildman–Crippen MR) is 79.0 cm³/mol. The van der Waals surface area contributed by atoms with Crippen molar-refractivity contribution in [1.82, 2.24) is 5.32 Å². The summed E-state index contributed by atoms with van der Waals surface area (Å²) >= 11 is 0. The Bertz CT molecular complexity index is 436. The van der Waals surface area contributed by atoms with Gasteiger partial charge in [-0.1, -0.05) is 0 Å². The number of carboxylic acid groups (broad SMARTS) is 1. The molecule has 21 heavy (non-hydrogen) atoms. The van der Waals surface area contributed by atoms with E-state index in [0.29, 0.717) is 0 Å². The molecule has 0 heterocycles. The summed E-state index contributed by atoms with van der Waals surface area (Å²) in [5.74, 6) is -0.470. The zero-order chi connectivity index (χ0) is 16.1. The van der Waals surface area contributed by atoms with Crippen LogP contribution in [0.1, 0.15) is 60.3 Å². The highest BCUT2D eigenvalue weighted by atomic mass is 16.6. The topological polar surface area (TPSA) is 75.6 Å². The van der Waals surface area contributed by atoms with Crippen molar-refractivity contribution in [2.24, 2.45) is 16.7 Å². The smallest absolute Gasteiger partial charge is 0.407 e. The van der Waals surface area contributed by atoms with Gasteiger partial charge in [0.05, 0.1) is 5.41 Å². The Morgan fingerprint density at radius 2 is 1.62 bits per heavy atom. The van der Waals surface area contributed by atoms with E-state index in [1.165, 1.54) is 0 Å². The molecule has 5 nitrogen and oxygen atoms in total. The first-order chi connectivity index (χ1) is 9.43. The van der Waals surface area contributed by atoms with Crippen LogP contribution in [0.25, 0.3) is 0 Å². The number of ether oxygens (including phenoxy) is 1. The van der Waals surface area contributed by atoms with Crippen LogP contribution in [0.5, 0.6) is 0 Å². The molecule has 120 valence electrons. The number of carbonyl (C=O) groups is 2. The Morgan fingerprint density at radius 1 is 1.10 bits per heavy atom. The van der Waals surface area contributed by atoms with Gasteiger partial charge in [-0.2, -0.15) is 0 Å². The molecule has 2 N–H and O–H groups in total. The fourth-order valence-electron chi connectivity index (χ4n) is 3.57. The van der Waals surface area contributed by atoms with Crippen molar-refractivity contribution in [3.05, 3.63) is 0 Å². The number of rotatable bonds is 3. The zero-order valence-electron chi connectivity index (χ0n) is 13.7. The minimum absolute atomic E-state index is 0.175. The van der Waals surface area contributed by atoms with Crippen molar-refractivity contribution in [1.29, 1.82) is 0 Å². The molecular formula is C16H27NO4. The summed E-state index contributed by atoms with van der Waals surface area (Å²) in [6.07, 6.45) is 3.44. The van der Waals surface area contributed by atoms with Gasteiger partial charge in [-0.15, -0.1) is 0 Å². The van der Waals surface area contributed by atoms with Gasteiger partial charge in [-0.3, -0.25) is 4.79 Å². The Labute approximate surface area is 126 Å². The fraction of sp³-hybridized carbons (Fsp3) is 0.875. The lowest BCUT2D eigenvalue weighted by Gasteiger charge is -2.60. The van der Waals surface area contributed by atoms with Crippen LogP contribution >= 0.6 is 0 Å². The van der Waals surface area contributed by atoms with Gasteiger partial charge in [0.1, 0.15) is 5.60 Å². The second-order valence-electron chi connectivity index (χ2n) is 8.38. The number of aliphatic carboxylic acids is 1. The highest BCUT2D eigenvalue weighted by Gasteiger charge is 2.58. The third-order valence-electron chi connectivity index (χ3n) is 5.01. The molecule has 0 radical (unpaired) electrons. The number of hydrogen-bond acceptors (Lipinski definition) is 3. The van der Waals surface area contributed by atoms with E-state index in [0.717, 1.165) is 25.7 Å². The molecule has 2 aliphatic carbocycles. The van der Waals surface area contributed by atoms with E-state index >= 15 is 0 Å². The van der Waals surface area contributed by atoms with Gasteiger partial charge in [0.2, 0.25) is 0 Å². The third-order valence-corrected chi connectivity index (χ3v) is 5.01. The summed E-state index contributed by atoms with van der Waals surface area (Å²) in [6.45, 7) is 9.15. The molecule has 2 aliphatic rings. The molecule has 2 rings (SSSR count). The van der Waals surface area contributed by atoms with E-state index in [-0.39, 0.29) is 23.5 Å². The SMILES string of the molecule is CC(C)(C)OC(=O)NC1CC2(C1)CC(C(C)(C)C(=O)O)C2. The van der Waals surface area contributed by atoms with Crippen LogP contribution in [-0.4, -0.2) is 28.8 Å². The third kappa shape index (κ3) is 3.33. The summed E-state index contributed by atoms with van der Waals surface area (Å²) in [5, 5.41) is 12.1. The summed E-state index contributed by atoms with van der Waals surface area (Å²) in [5.41, 5.74) is -0.857. The molecule has 1 amide bonds. The first-order valence-electron chi connectivity index (χ1n) is 7.66. The van der Waals surface area contributed by atoms with Gasteiger partial charge in [-0.05, 0) is 71.6 Å². The Morgan fingerprint density at radius 3 is 2.05 bits per heavy atom. The molecule has 2 fully saturated rings. The van der Waals surface area contributed by atoms with E-state index in [1.807, 2.05) is 34.6 Å². The maximum absolute atomic E-state index is 11.7. The number of amides is 1. The summed E-state index contributed by atoms with van der Waals surface area (Å²) in [7, 11) is 0. The zero-order valence-corrected chi connectivity index (χ0v) is 13.7. The molecule has 0 bridgehead atoms. The number of alkyl carbamates (subject to hydrolysis) is 1. The lowest BCUT2D eigenvalue weighted by atomic mass is 9.46. The van der Waals surface area contributed by atoms with Crippen molar-refractivity contribution in [3.63, 3.8) is 0 Å². The van der Waals surface area contributed by atoms with Crippen LogP contribution in [0.15, 0.2) is 0 Å². The monoisotopic (exact) mass is 297 g/mol. The van der Waals surface area contributed by atoms with Crippen molar-refractivity contribution in [2.45, 2.75) is 71.9 Å². The largest absolute Gasteiger partial charge is 0.481 e. The molecule has 0 aliphatic heterocycles. The van der Waals surface area contributed by atoms with E-state index in [1.54, 1.807) is 0 Å². The summed E-state index contributed by atoms with van der Waals surface area (Å²) in [4.78, 5) is 22.9. The summed E-state index contributed by atoms with van der Waals surface area (Å²) in [6, 6.07) is 0.175. The normalized spacial score (nSPS) is 32.0. The van der Waals surface area contributed by atoms with Crippen molar-refractivity contribution >= 4 is 12.1 Å². The van der Waals surface area contributed by atoms with Crippen LogP contribution in [0.2, 0.25) is 0 Å². The summed E-state index contributed by atoms with van der Waals surface area (Å²) < 4.78 is 5.24. The van der Waals surface area contributed by atoms with E-state index < -0.39 is 17.0 Å². The van der Waals surface area contributed by atoms with Gasteiger partial charge in [0.25, 0.3) is 0 Å². The number of hydrogen-bond donors (Lipinski definition) is 2. The molecule has 2 saturated carbocycles. The molecule has 1 spiro atoms. The molecule has 0 unspecified atom stereocenters. The maximum atomic E-state index is 11.7. The molecular weight excluding hydrogens is 270 g/mol.